The molecule has 0 aromatic carbocycles. The number of hydrogen-bond donors (Lipinski definition) is 2. The Labute approximate surface area is 107 Å². The van der Waals surface area contributed by atoms with Crippen molar-refractivity contribution in [2.45, 2.75) is 38.1 Å². The van der Waals surface area contributed by atoms with Gasteiger partial charge in [0.2, 0.25) is 5.91 Å². The standard InChI is InChI=1S/C13H20N2OS/c16-13(15-12-3-1-2-4-12)9-14-7-5-11-6-8-17-10-11/h6,8,10,12,14H,1-5,7,9H2,(H,15,16). The van der Waals surface area contributed by atoms with Gasteiger partial charge < -0.3 is 10.6 Å². The molecule has 0 bridgehead atoms. The van der Waals surface area contributed by atoms with E-state index < -0.39 is 0 Å². The second kappa shape index (κ2) is 6.77. The van der Waals surface area contributed by atoms with Crippen molar-refractivity contribution >= 4 is 17.2 Å². The third-order valence-electron chi connectivity index (χ3n) is 3.18. The molecule has 94 valence electrons. The zero-order valence-corrected chi connectivity index (χ0v) is 10.9. The summed E-state index contributed by atoms with van der Waals surface area (Å²) in [5.41, 5.74) is 1.35. The molecule has 1 aromatic rings. The van der Waals surface area contributed by atoms with Crippen LogP contribution in [0.3, 0.4) is 0 Å². The summed E-state index contributed by atoms with van der Waals surface area (Å²) < 4.78 is 0. The summed E-state index contributed by atoms with van der Waals surface area (Å²) in [6.07, 6.45) is 5.83. The average Bonchev–Trinajstić information content (AvgIpc) is 2.96. The van der Waals surface area contributed by atoms with Crippen molar-refractivity contribution in [3.8, 4) is 0 Å². The van der Waals surface area contributed by atoms with Crippen LogP contribution in [-0.4, -0.2) is 25.0 Å². The molecule has 0 atom stereocenters. The minimum atomic E-state index is 0.141. The Morgan fingerprint density at radius 1 is 1.41 bits per heavy atom. The molecule has 2 rings (SSSR count). The van der Waals surface area contributed by atoms with Crippen LogP contribution in [0.5, 0.6) is 0 Å². The number of rotatable bonds is 6. The average molecular weight is 252 g/mol. The van der Waals surface area contributed by atoms with E-state index in [4.69, 9.17) is 0 Å². The quantitative estimate of drug-likeness (QED) is 0.760. The highest BCUT2D eigenvalue weighted by atomic mass is 32.1. The fraction of sp³-hybridized carbons (Fsp3) is 0.615. The van der Waals surface area contributed by atoms with Crippen LogP contribution < -0.4 is 10.6 Å². The van der Waals surface area contributed by atoms with Crippen LogP contribution in [0.25, 0.3) is 0 Å². The van der Waals surface area contributed by atoms with Crippen LogP contribution in [0, 0.1) is 0 Å². The summed E-state index contributed by atoms with van der Waals surface area (Å²) in [6.45, 7) is 1.31. The first-order valence-electron chi connectivity index (χ1n) is 6.36. The van der Waals surface area contributed by atoms with Gasteiger partial charge in [0.1, 0.15) is 0 Å². The molecule has 1 aromatic heterocycles. The lowest BCUT2D eigenvalue weighted by Gasteiger charge is -2.12. The van der Waals surface area contributed by atoms with E-state index in [1.165, 1.54) is 18.4 Å². The molecule has 3 nitrogen and oxygen atoms in total. The topological polar surface area (TPSA) is 41.1 Å². The highest BCUT2D eigenvalue weighted by Gasteiger charge is 2.16. The van der Waals surface area contributed by atoms with Gasteiger partial charge in [0.05, 0.1) is 6.54 Å². The molecule has 17 heavy (non-hydrogen) atoms. The second-order valence-electron chi connectivity index (χ2n) is 4.61. The van der Waals surface area contributed by atoms with Crippen molar-refractivity contribution < 1.29 is 4.79 Å². The number of hydrogen-bond acceptors (Lipinski definition) is 3. The molecule has 0 radical (unpaired) electrons. The van der Waals surface area contributed by atoms with Gasteiger partial charge in [-0.25, -0.2) is 0 Å². The number of amides is 1. The van der Waals surface area contributed by atoms with Gasteiger partial charge in [-0.2, -0.15) is 11.3 Å². The zero-order chi connectivity index (χ0) is 11.9. The van der Waals surface area contributed by atoms with E-state index in [-0.39, 0.29) is 5.91 Å². The molecule has 2 N–H and O–H groups in total. The van der Waals surface area contributed by atoms with Gasteiger partial charge in [0.15, 0.2) is 0 Å². The SMILES string of the molecule is O=C(CNCCc1ccsc1)NC1CCCC1. The second-order valence-corrected chi connectivity index (χ2v) is 5.39. The van der Waals surface area contributed by atoms with E-state index in [2.05, 4.69) is 27.5 Å². The molecule has 1 aliphatic rings. The first-order chi connectivity index (χ1) is 8.34. The summed E-state index contributed by atoms with van der Waals surface area (Å²) in [5.74, 6) is 0.141. The van der Waals surface area contributed by atoms with Gasteiger partial charge in [-0.15, -0.1) is 0 Å². The van der Waals surface area contributed by atoms with Gasteiger partial charge in [-0.1, -0.05) is 12.8 Å². The summed E-state index contributed by atoms with van der Waals surface area (Å²) in [4.78, 5) is 11.6. The van der Waals surface area contributed by atoms with Gasteiger partial charge in [0.25, 0.3) is 0 Å². The van der Waals surface area contributed by atoms with Crippen LogP contribution in [0.15, 0.2) is 16.8 Å². The third kappa shape index (κ3) is 4.48. The summed E-state index contributed by atoms with van der Waals surface area (Å²) in [5, 5.41) is 10.5. The lowest BCUT2D eigenvalue weighted by atomic mass is 10.2. The molecular weight excluding hydrogens is 232 g/mol. The molecular formula is C13H20N2OS. The van der Waals surface area contributed by atoms with Crippen LogP contribution in [-0.2, 0) is 11.2 Å². The van der Waals surface area contributed by atoms with E-state index >= 15 is 0 Å². The highest BCUT2D eigenvalue weighted by molar-refractivity contribution is 7.07. The summed E-state index contributed by atoms with van der Waals surface area (Å²) in [6, 6.07) is 2.56. The normalized spacial score (nSPS) is 16.2. The van der Waals surface area contributed by atoms with Crippen LogP contribution >= 0.6 is 11.3 Å². The van der Waals surface area contributed by atoms with Crippen molar-refractivity contribution in [2.75, 3.05) is 13.1 Å². The minimum absolute atomic E-state index is 0.141. The first kappa shape index (κ1) is 12.6. The Hall–Kier alpha value is -0.870. The van der Waals surface area contributed by atoms with E-state index in [1.807, 2.05) is 0 Å². The highest BCUT2D eigenvalue weighted by Crippen LogP contribution is 2.17. The fourth-order valence-corrected chi connectivity index (χ4v) is 2.92. The zero-order valence-electron chi connectivity index (χ0n) is 10.1. The molecule has 0 spiro atoms. The van der Waals surface area contributed by atoms with Crippen molar-refractivity contribution in [1.82, 2.24) is 10.6 Å². The number of carbonyl (C=O) groups excluding carboxylic acids is 1. The Bertz CT molecular complexity index is 331. The Morgan fingerprint density at radius 3 is 2.94 bits per heavy atom. The molecule has 1 aliphatic carbocycles. The van der Waals surface area contributed by atoms with E-state index in [0.29, 0.717) is 12.6 Å². The van der Waals surface area contributed by atoms with Crippen LogP contribution in [0.1, 0.15) is 31.2 Å². The maximum Gasteiger partial charge on any atom is 0.234 e. The maximum absolute atomic E-state index is 11.6. The Kier molecular flexibility index (Phi) is 5.01. The molecule has 1 fully saturated rings. The molecule has 0 unspecified atom stereocenters. The molecule has 0 saturated heterocycles. The Balaban J connectivity index is 1.53. The Morgan fingerprint density at radius 2 is 2.24 bits per heavy atom. The number of thiophene rings is 1. The van der Waals surface area contributed by atoms with Crippen molar-refractivity contribution in [3.05, 3.63) is 22.4 Å². The van der Waals surface area contributed by atoms with E-state index in [9.17, 15) is 4.79 Å². The number of carbonyl (C=O) groups is 1. The predicted molar refractivity (Wildman–Crippen MR) is 71.3 cm³/mol. The molecule has 1 saturated carbocycles. The van der Waals surface area contributed by atoms with Crippen molar-refractivity contribution in [2.24, 2.45) is 0 Å². The van der Waals surface area contributed by atoms with Gasteiger partial charge in [-0.05, 0) is 48.2 Å². The van der Waals surface area contributed by atoms with E-state index in [0.717, 1.165) is 25.8 Å². The van der Waals surface area contributed by atoms with Gasteiger partial charge in [-0.3, -0.25) is 4.79 Å². The largest absolute Gasteiger partial charge is 0.352 e. The van der Waals surface area contributed by atoms with E-state index in [1.54, 1.807) is 11.3 Å². The van der Waals surface area contributed by atoms with Gasteiger partial charge >= 0.3 is 0 Å². The number of nitrogens with one attached hydrogen (secondary N) is 2. The minimum Gasteiger partial charge on any atom is -0.352 e. The summed E-state index contributed by atoms with van der Waals surface area (Å²) in [7, 11) is 0. The first-order valence-corrected chi connectivity index (χ1v) is 7.30. The smallest absolute Gasteiger partial charge is 0.234 e. The lowest BCUT2D eigenvalue weighted by Crippen LogP contribution is -2.39. The molecule has 1 heterocycles. The third-order valence-corrected chi connectivity index (χ3v) is 3.91. The maximum atomic E-state index is 11.6. The van der Waals surface area contributed by atoms with Gasteiger partial charge in [0, 0.05) is 6.04 Å². The molecule has 4 heteroatoms. The monoisotopic (exact) mass is 252 g/mol. The van der Waals surface area contributed by atoms with Crippen LogP contribution in [0.2, 0.25) is 0 Å². The predicted octanol–water partition coefficient (Wildman–Crippen LogP) is 1.94. The lowest BCUT2D eigenvalue weighted by molar-refractivity contribution is -0.120. The van der Waals surface area contributed by atoms with Crippen molar-refractivity contribution in [3.63, 3.8) is 0 Å². The summed E-state index contributed by atoms with van der Waals surface area (Å²) >= 11 is 1.72. The van der Waals surface area contributed by atoms with Crippen LogP contribution in [0.4, 0.5) is 0 Å². The fourth-order valence-electron chi connectivity index (χ4n) is 2.22. The molecule has 0 aliphatic heterocycles. The van der Waals surface area contributed by atoms with Crippen molar-refractivity contribution in [1.29, 1.82) is 0 Å². The molecule has 1 amide bonds.